The van der Waals surface area contributed by atoms with Crippen LogP contribution in [0.3, 0.4) is 0 Å². The van der Waals surface area contributed by atoms with Crippen LogP contribution >= 0.6 is 35.3 Å². The fourth-order valence-electron chi connectivity index (χ4n) is 4.19. The van der Waals surface area contributed by atoms with Gasteiger partial charge in [-0.05, 0) is 89.7 Å². The van der Waals surface area contributed by atoms with E-state index in [1.54, 1.807) is 22.7 Å². The average molecular weight is 537 g/mol. The summed E-state index contributed by atoms with van der Waals surface area (Å²) in [5.41, 5.74) is 5.00. The zero-order valence-electron chi connectivity index (χ0n) is 21.1. The lowest BCUT2D eigenvalue weighted by Gasteiger charge is -2.10. The number of hydrogen-bond donors (Lipinski definition) is 1. The van der Waals surface area contributed by atoms with Crippen molar-refractivity contribution in [3.63, 3.8) is 0 Å². The molecule has 0 atom stereocenters. The maximum atomic E-state index is 5.95. The van der Waals surface area contributed by atoms with Crippen LogP contribution in [0.5, 0.6) is 11.5 Å². The fourth-order valence-corrected chi connectivity index (χ4v) is 6.44. The number of rotatable bonds is 15. The molecule has 2 aromatic heterocycles. The average Bonchev–Trinajstić information content (AvgIpc) is 3.59. The van der Waals surface area contributed by atoms with E-state index in [1.165, 1.54) is 51.3 Å². The van der Waals surface area contributed by atoms with Crippen molar-refractivity contribution in [1.82, 2.24) is 0 Å². The molecule has 0 spiro atoms. The monoisotopic (exact) mass is 536 g/mol. The van der Waals surface area contributed by atoms with Crippen LogP contribution in [0.4, 0.5) is 0 Å². The van der Waals surface area contributed by atoms with Gasteiger partial charge < -0.3 is 9.47 Å². The topological polar surface area (TPSA) is 18.5 Å². The van der Waals surface area contributed by atoms with Gasteiger partial charge in [0, 0.05) is 11.1 Å². The van der Waals surface area contributed by atoms with Gasteiger partial charge in [0.1, 0.15) is 11.5 Å². The van der Waals surface area contributed by atoms with Gasteiger partial charge in [-0.2, -0.15) is 12.6 Å². The van der Waals surface area contributed by atoms with Gasteiger partial charge in [-0.15, -0.1) is 22.7 Å². The van der Waals surface area contributed by atoms with Crippen molar-refractivity contribution in [3.05, 3.63) is 71.4 Å². The van der Waals surface area contributed by atoms with Crippen molar-refractivity contribution in [2.24, 2.45) is 0 Å². The maximum absolute atomic E-state index is 5.95. The van der Waals surface area contributed by atoms with Crippen molar-refractivity contribution < 1.29 is 9.47 Å². The van der Waals surface area contributed by atoms with Crippen molar-refractivity contribution in [3.8, 4) is 43.5 Å². The number of ether oxygens (including phenoxy) is 2. The Morgan fingerprint density at radius 1 is 0.583 bits per heavy atom. The Bertz CT molecular complexity index is 1070. The minimum Gasteiger partial charge on any atom is -0.494 e. The van der Waals surface area contributed by atoms with E-state index in [1.807, 2.05) is 0 Å². The van der Waals surface area contributed by atoms with E-state index in [0.717, 1.165) is 56.1 Å². The van der Waals surface area contributed by atoms with E-state index in [4.69, 9.17) is 9.47 Å². The molecule has 0 N–H and O–H groups in total. The predicted octanol–water partition coefficient (Wildman–Crippen LogP) is 10.2. The summed E-state index contributed by atoms with van der Waals surface area (Å²) in [4.78, 5) is 2.63. The molecule has 0 saturated heterocycles. The second kappa shape index (κ2) is 14.5. The maximum Gasteiger partial charge on any atom is 0.119 e. The van der Waals surface area contributed by atoms with Gasteiger partial charge in [0.2, 0.25) is 0 Å². The standard InChI is InChI=1S/C31H36O2S3/c1-2-3-4-6-19-32-26-13-9-24(10-14-26)28-17-22-35-30(28)31-29(18-23-36-31)25-11-15-27(16-12-25)33-20-7-5-8-21-34/h9-18,22-23,34H,2-8,19-21H2,1H3. The third-order valence-corrected chi connectivity index (χ3v) is 8.51. The van der Waals surface area contributed by atoms with E-state index in [0.29, 0.717) is 0 Å². The molecule has 0 saturated carbocycles. The summed E-state index contributed by atoms with van der Waals surface area (Å²) in [6.07, 6.45) is 8.27. The van der Waals surface area contributed by atoms with Crippen LogP contribution in [0.1, 0.15) is 51.9 Å². The lowest BCUT2D eigenvalue weighted by molar-refractivity contribution is 0.305. The van der Waals surface area contributed by atoms with Crippen LogP contribution in [-0.4, -0.2) is 19.0 Å². The molecule has 0 amide bonds. The third kappa shape index (κ3) is 7.41. The molecular weight excluding hydrogens is 501 g/mol. The highest BCUT2D eigenvalue weighted by Crippen LogP contribution is 2.45. The van der Waals surface area contributed by atoms with E-state index in [-0.39, 0.29) is 0 Å². The van der Waals surface area contributed by atoms with E-state index in [2.05, 4.69) is 91.0 Å². The van der Waals surface area contributed by atoms with Crippen LogP contribution in [0.15, 0.2) is 71.4 Å². The normalized spacial score (nSPS) is 11.1. The molecule has 2 heterocycles. The molecule has 5 heteroatoms. The first-order valence-electron chi connectivity index (χ1n) is 13.0. The van der Waals surface area contributed by atoms with Gasteiger partial charge >= 0.3 is 0 Å². The van der Waals surface area contributed by atoms with Gasteiger partial charge in [0.25, 0.3) is 0 Å². The van der Waals surface area contributed by atoms with Crippen LogP contribution < -0.4 is 9.47 Å². The molecule has 190 valence electrons. The first-order valence-corrected chi connectivity index (χ1v) is 15.4. The van der Waals surface area contributed by atoms with Crippen molar-refractivity contribution in [1.29, 1.82) is 0 Å². The Morgan fingerprint density at radius 3 is 1.50 bits per heavy atom. The summed E-state index contributed by atoms with van der Waals surface area (Å²) < 4.78 is 11.9. The van der Waals surface area contributed by atoms with Gasteiger partial charge in [0.05, 0.1) is 23.0 Å². The van der Waals surface area contributed by atoms with Crippen molar-refractivity contribution in [2.45, 2.75) is 51.9 Å². The molecule has 2 aromatic carbocycles. The second-order valence-corrected chi connectivity index (χ2v) is 11.2. The first kappa shape index (κ1) is 26.8. The zero-order chi connectivity index (χ0) is 25.0. The highest BCUT2D eigenvalue weighted by molar-refractivity contribution is 7.80. The van der Waals surface area contributed by atoms with Crippen LogP contribution in [0.2, 0.25) is 0 Å². The molecule has 36 heavy (non-hydrogen) atoms. The molecule has 0 bridgehead atoms. The van der Waals surface area contributed by atoms with E-state index in [9.17, 15) is 0 Å². The minimum atomic E-state index is 0.762. The third-order valence-electron chi connectivity index (χ3n) is 6.21. The van der Waals surface area contributed by atoms with Crippen molar-refractivity contribution in [2.75, 3.05) is 19.0 Å². The van der Waals surface area contributed by atoms with Crippen LogP contribution in [0.25, 0.3) is 32.0 Å². The summed E-state index contributed by atoms with van der Waals surface area (Å²) in [7, 11) is 0. The summed E-state index contributed by atoms with van der Waals surface area (Å²) in [6.45, 7) is 3.79. The smallest absolute Gasteiger partial charge is 0.119 e. The SMILES string of the molecule is CCCCCCOc1ccc(-c2ccsc2-c2sccc2-c2ccc(OCCCCCS)cc2)cc1. The summed E-state index contributed by atoms with van der Waals surface area (Å²) in [5.74, 6) is 2.83. The quantitative estimate of drug-likeness (QED) is 0.120. The number of unbranched alkanes of at least 4 members (excludes halogenated alkanes) is 5. The van der Waals surface area contributed by atoms with Crippen molar-refractivity contribution >= 4 is 35.3 Å². The minimum absolute atomic E-state index is 0.762. The fraction of sp³-hybridized carbons (Fsp3) is 0.355. The Balaban J connectivity index is 1.43. The van der Waals surface area contributed by atoms with E-state index < -0.39 is 0 Å². The molecular formula is C31H36O2S3. The van der Waals surface area contributed by atoms with Gasteiger partial charge in [-0.3, -0.25) is 0 Å². The Labute approximate surface area is 229 Å². The molecule has 4 rings (SSSR count). The molecule has 2 nitrogen and oxygen atoms in total. The molecule has 0 fully saturated rings. The Hall–Kier alpha value is -2.21. The zero-order valence-corrected chi connectivity index (χ0v) is 23.6. The Morgan fingerprint density at radius 2 is 1.06 bits per heavy atom. The number of benzene rings is 2. The summed E-state index contributed by atoms with van der Waals surface area (Å²) in [6, 6.07) is 21.6. The number of thiol groups is 1. The summed E-state index contributed by atoms with van der Waals surface area (Å²) >= 11 is 7.88. The molecule has 0 aliphatic carbocycles. The first-order chi connectivity index (χ1) is 17.8. The lowest BCUT2D eigenvalue weighted by atomic mass is 10.0. The van der Waals surface area contributed by atoms with Gasteiger partial charge in [-0.25, -0.2) is 0 Å². The molecule has 0 aliphatic rings. The van der Waals surface area contributed by atoms with Gasteiger partial charge in [0.15, 0.2) is 0 Å². The Kier molecular flexibility index (Phi) is 10.8. The molecule has 0 unspecified atom stereocenters. The number of thiophene rings is 2. The highest BCUT2D eigenvalue weighted by Gasteiger charge is 2.16. The largest absolute Gasteiger partial charge is 0.494 e. The predicted molar refractivity (Wildman–Crippen MR) is 161 cm³/mol. The second-order valence-electron chi connectivity index (χ2n) is 8.92. The molecule has 4 aromatic rings. The lowest BCUT2D eigenvalue weighted by Crippen LogP contribution is -1.97. The highest BCUT2D eigenvalue weighted by atomic mass is 32.1. The van der Waals surface area contributed by atoms with E-state index >= 15 is 0 Å². The molecule has 0 radical (unpaired) electrons. The molecule has 0 aliphatic heterocycles. The van der Waals surface area contributed by atoms with Gasteiger partial charge in [-0.1, -0.05) is 50.5 Å². The number of hydrogen-bond acceptors (Lipinski definition) is 5. The van der Waals surface area contributed by atoms with Crippen LogP contribution in [-0.2, 0) is 0 Å². The summed E-state index contributed by atoms with van der Waals surface area (Å²) in [5, 5.41) is 4.38. The van der Waals surface area contributed by atoms with Crippen LogP contribution in [0, 0.1) is 0 Å².